The molecular weight excluding hydrogens is 482 g/mol. The van der Waals surface area contributed by atoms with Crippen molar-refractivity contribution in [2.45, 2.75) is 6.61 Å². The molecule has 0 aromatic heterocycles. The highest BCUT2D eigenvalue weighted by molar-refractivity contribution is 9.10. The van der Waals surface area contributed by atoms with Crippen LogP contribution in [-0.2, 0) is 11.3 Å². The molecule has 1 fully saturated rings. The number of morpholine rings is 1. The molecule has 4 nitrogen and oxygen atoms in total. The van der Waals surface area contributed by atoms with Crippen molar-refractivity contribution in [3.63, 3.8) is 0 Å². The quantitative estimate of drug-likeness (QED) is 0.550. The molecule has 0 saturated carbocycles. The van der Waals surface area contributed by atoms with Crippen molar-refractivity contribution in [3.05, 3.63) is 56.5 Å². The van der Waals surface area contributed by atoms with Crippen LogP contribution in [0, 0.1) is 0 Å². The fraction of sp³-hybridized carbons (Fsp3) is 0.316. The number of hydrogen-bond acceptors (Lipinski definition) is 4. The van der Waals surface area contributed by atoms with E-state index in [4.69, 9.17) is 26.4 Å². The maximum absolute atomic E-state index is 5.97. The third-order valence-corrected chi connectivity index (χ3v) is 5.75. The third-order valence-electron chi connectivity index (χ3n) is 4.09. The molecule has 3 rings (SSSR count). The number of hydrogen-bond donors (Lipinski definition) is 0. The molecule has 0 unspecified atom stereocenters. The second-order valence-corrected chi connectivity index (χ2v) is 7.96. The fourth-order valence-corrected chi connectivity index (χ4v) is 3.91. The Kier molecular flexibility index (Phi) is 6.92. The van der Waals surface area contributed by atoms with Crippen molar-refractivity contribution < 1.29 is 14.2 Å². The number of rotatable bonds is 5. The van der Waals surface area contributed by atoms with E-state index in [1.807, 2.05) is 36.4 Å². The second kappa shape index (κ2) is 9.17. The zero-order valence-corrected chi connectivity index (χ0v) is 18.3. The zero-order valence-electron chi connectivity index (χ0n) is 14.3. The lowest BCUT2D eigenvalue weighted by Gasteiger charge is -2.29. The molecule has 0 atom stereocenters. The molecule has 7 heteroatoms. The van der Waals surface area contributed by atoms with Crippen molar-refractivity contribution in [2.24, 2.45) is 0 Å². The van der Waals surface area contributed by atoms with Gasteiger partial charge in [0.25, 0.3) is 0 Å². The van der Waals surface area contributed by atoms with Crippen LogP contribution in [0.3, 0.4) is 0 Å². The minimum absolute atomic E-state index is 0.462. The number of ether oxygens (including phenoxy) is 3. The van der Waals surface area contributed by atoms with Gasteiger partial charge in [-0.15, -0.1) is 0 Å². The summed E-state index contributed by atoms with van der Waals surface area (Å²) in [5.74, 6) is 1.34. The van der Waals surface area contributed by atoms with Gasteiger partial charge in [-0.2, -0.15) is 0 Å². The molecule has 1 heterocycles. The Morgan fingerprint density at radius 2 is 1.81 bits per heavy atom. The van der Waals surface area contributed by atoms with Gasteiger partial charge in [-0.1, -0.05) is 40.3 Å². The summed E-state index contributed by atoms with van der Waals surface area (Å²) in [6, 6.07) is 11.9. The summed E-state index contributed by atoms with van der Waals surface area (Å²) < 4.78 is 18.8. The van der Waals surface area contributed by atoms with Gasteiger partial charge in [0, 0.05) is 27.6 Å². The first-order valence-electron chi connectivity index (χ1n) is 8.20. The molecule has 0 radical (unpaired) electrons. The molecule has 0 spiro atoms. The monoisotopic (exact) mass is 499 g/mol. The van der Waals surface area contributed by atoms with Crippen LogP contribution in [0.2, 0.25) is 0 Å². The smallest absolute Gasteiger partial charge is 0.162 e. The van der Waals surface area contributed by atoms with E-state index in [9.17, 15) is 0 Å². The first kappa shape index (κ1) is 19.6. The number of halogens is 2. The van der Waals surface area contributed by atoms with E-state index in [0.29, 0.717) is 31.3 Å². The average molecular weight is 501 g/mol. The van der Waals surface area contributed by atoms with Crippen molar-refractivity contribution in [1.29, 1.82) is 0 Å². The van der Waals surface area contributed by atoms with Gasteiger partial charge < -0.3 is 19.1 Å². The van der Waals surface area contributed by atoms with Crippen LogP contribution in [0.5, 0.6) is 11.5 Å². The van der Waals surface area contributed by atoms with Gasteiger partial charge in [0.2, 0.25) is 0 Å². The molecule has 138 valence electrons. The maximum Gasteiger partial charge on any atom is 0.162 e. The summed E-state index contributed by atoms with van der Waals surface area (Å²) in [6.07, 6.45) is 0. The maximum atomic E-state index is 5.97. The predicted molar refractivity (Wildman–Crippen MR) is 113 cm³/mol. The van der Waals surface area contributed by atoms with Gasteiger partial charge in [-0.25, -0.2) is 0 Å². The highest BCUT2D eigenvalue weighted by Gasteiger charge is 2.20. The Hall–Kier alpha value is -1.15. The van der Waals surface area contributed by atoms with Crippen LogP contribution in [0.1, 0.15) is 11.1 Å². The molecular formula is C19H19Br2NO3S. The topological polar surface area (TPSA) is 30.9 Å². The first-order valence-corrected chi connectivity index (χ1v) is 10.2. The fourth-order valence-electron chi connectivity index (χ4n) is 2.65. The van der Waals surface area contributed by atoms with Crippen LogP contribution in [0.25, 0.3) is 0 Å². The standard InChI is InChI=1S/C19H19Br2NO3S/c1-23-17-10-15(19(26)22-6-8-24-9-7-22)16(21)11-18(17)25-12-13-2-4-14(20)5-3-13/h2-5,10-11H,6-9,12H2,1H3. The highest BCUT2D eigenvalue weighted by Crippen LogP contribution is 2.35. The summed E-state index contributed by atoms with van der Waals surface area (Å²) in [7, 11) is 1.64. The van der Waals surface area contributed by atoms with E-state index < -0.39 is 0 Å². The van der Waals surface area contributed by atoms with Crippen LogP contribution in [-0.4, -0.2) is 43.3 Å². The van der Waals surface area contributed by atoms with Gasteiger partial charge in [-0.3, -0.25) is 0 Å². The SMILES string of the molecule is COc1cc(C(=S)N2CCOCC2)c(Br)cc1OCc1ccc(Br)cc1. The average Bonchev–Trinajstić information content (AvgIpc) is 2.68. The van der Waals surface area contributed by atoms with Crippen LogP contribution >= 0.6 is 44.1 Å². The molecule has 2 aromatic rings. The van der Waals surface area contributed by atoms with E-state index in [-0.39, 0.29) is 0 Å². The van der Waals surface area contributed by atoms with Gasteiger partial charge in [0.15, 0.2) is 11.5 Å². The second-order valence-electron chi connectivity index (χ2n) is 5.80. The first-order chi connectivity index (χ1) is 12.6. The van der Waals surface area contributed by atoms with Gasteiger partial charge in [0.05, 0.1) is 20.3 Å². The van der Waals surface area contributed by atoms with E-state index in [1.54, 1.807) is 7.11 Å². The lowest BCUT2D eigenvalue weighted by atomic mass is 10.1. The summed E-state index contributed by atoms with van der Waals surface area (Å²) in [4.78, 5) is 2.94. The van der Waals surface area contributed by atoms with Crippen LogP contribution in [0.4, 0.5) is 0 Å². The molecule has 1 aliphatic rings. The Labute approximate surface area is 175 Å². The molecule has 1 saturated heterocycles. The number of nitrogens with zero attached hydrogens (tertiary/aromatic N) is 1. The van der Waals surface area contributed by atoms with Crippen molar-refractivity contribution in [1.82, 2.24) is 4.90 Å². The highest BCUT2D eigenvalue weighted by atomic mass is 79.9. The summed E-state index contributed by atoms with van der Waals surface area (Å²) in [5, 5.41) is 0. The number of thiocarbonyl (C=S) groups is 1. The normalized spacial score (nSPS) is 14.2. The summed E-state index contributed by atoms with van der Waals surface area (Å²) in [5.41, 5.74) is 2.01. The van der Waals surface area contributed by atoms with Crippen molar-refractivity contribution in [2.75, 3.05) is 33.4 Å². The number of benzene rings is 2. The van der Waals surface area contributed by atoms with Crippen molar-refractivity contribution in [3.8, 4) is 11.5 Å². The predicted octanol–water partition coefficient (Wildman–Crippen LogP) is 4.81. The minimum Gasteiger partial charge on any atom is -0.493 e. The lowest BCUT2D eigenvalue weighted by Crippen LogP contribution is -2.40. The third kappa shape index (κ3) is 4.76. The van der Waals surface area contributed by atoms with E-state index in [0.717, 1.165) is 38.2 Å². The number of methoxy groups -OCH3 is 1. The van der Waals surface area contributed by atoms with Gasteiger partial charge >= 0.3 is 0 Å². The van der Waals surface area contributed by atoms with Crippen molar-refractivity contribution >= 4 is 49.1 Å². The van der Waals surface area contributed by atoms with E-state index in [2.05, 4.69) is 36.8 Å². The molecule has 1 aliphatic heterocycles. The van der Waals surface area contributed by atoms with E-state index >= 15 is 0 Å². The molecule has 2 aromatic carbocycles. The summed E-state index contributed by atoms with van der Waals surface area (Å²) >= 11 is 12.7. The van der Waals surface area contributed by atoms with Crippen LogP contribution in [0.15, 0.2) is 45.3 Å². The lowest BCUT2D eigenvalue weighted by molar-refractivity contribution is 0.0692. The molecule has 0 bridgehead atoms. The Balaban J connectivity index is 1.77. The molecule has 0 amide bonds. The zero-order chi connectivity index (χ0) is 18.5. The molecule has 0 aliphatic carbocycles. The Morgan fingerprint density at radius 1 is 1.12 bits per heavy atom. The largest absolute Gasteiger partial charge is 0.493 e. The van der Waals surface area contributed by atoms with Crippen LogP contribution < -0.4 is 9.47 Å². The molecule has 0 N–H and O–H groups in total. The Bertz CT molecular complexity index is 777. The van der Waals surface area contributed by atoms with Gasteiger partial charge in [-0.05, 0) is 45.8 Å². The molecule has 26 heavy (non-hydrogen) atoms. The van der Waals surface area contributed by atoms with Gasteiger partial charge in [0.1, 0.15) is 11.6 Å². The minimum atomic E-state index is 0.462. The summed E-state index contributed by atoms with van der Waals surface area (Å²) in [6.45, 7) is 3.46. The van der Waals surface area contributed by atoms with E-state index in [1.165, 1.54) is 0 Å². The Morgan fingerprint density at radius 3 is 2.46 bits per heavy atom.